The summed E-state index contributed by atoms with van der Waals surface area (Å²) < 4.78 is 53.9. The molecule has 3 atom stereocenters. The number of hydrazine groups is 1. The molecule has 11 heteroatoms. The van der Waals surface area contributed by atoms with Crippen LogP contribution >= 0.6 is 0 Å². The molecular formula is C26H28N2O8S. The quantitative estimate of drug-likeness (QED) is 0.396. The van der Waals surface area contributed by atoms with Crippen LogP contribution in [0.25, 0.3) is 0 Å². The lowest BCUT2D eigenvalue weighted by atomic mass is 9.78. The van der Waals surface area contributed by atoms with Gasteiger partial charge in [0.25, 0.3) is 10.0 Å². The number of fused-ring (bicyclic) bond motifs is 2. The molecule has 2 heterocycles. The van der Waals surface area contributed by atoms with Crippen molar-refractivity contribution in [2.75, 3.05) is 21.0 Å². The summed E-state index contributed by atoms with van der Waals surface area (Å²) in [5.41, 5.74) is 5.40. The molecule has 0 fully saturated rings. The maximum atomic E-state index is 12.9. The number of sulfonamides is 1. The summed E-state index contributed by atoms with van der Waals surface area (Å²) in [6, 6.07) is 13.6. The summed E-state index contributed by atoms with van der Waals surface area (Å²) >= 11 is 0. The number of phenolic OH excluding ortho intramolecular Hbond substituents is 1. The number of nitrogens with one attached hydrogen (secondary N) is 2. The maximum Gasteiger partial charge on any atom is 0.253 e. The van der Waals surface area contributed by atoms with E-state index in [0.29, 0.717) is 17.2 Å². The van der Waals surface area contributed by atoms with Crippen molar-refractivity contribution in [2.45, 2.75) is 30.9 Å². The minimum Gasteiger partial charge on any atom is -0.502 e. The highest BCUT2D eigenvalue weighted by Gasteiger charge is 2.39. The van der Waals surface area contributed by atoms with Gasteiger partial charge in [0.15, 0.2) is 29.2 Å². The average Bonchev–Trinajstić information content (AvgIpc) is 3.34. The van der Waals surface area contributed by atoms with Crippen LogP contribution in [0.4, 0.5) is 0 Å². The van der Waals surface area contributed by atoms with Crippen molar-refractivity contribution in [1.82, 2.24) is 10.3 Å². The zero-order chi connectivity index (χ0) is 26.3. The second kappa shape index (κ2) is 9.66. The summed E-state index contributed by atoms with van der Waals surface area (Å²) in [5, 5.41) is 10.5. The van der Waals surface area contributed by atoms with Crippen molar-refractivity contribution < 1.29 is 37.2 Å². The van der Waals surface area contributed by atoms with E-state index in [-0.39, 0.29) is 40.8 Å². The number of methoxy groups -OCH3 is 2. The van der Waals surface area contributed by atoms with Crippen molar-refractivity contribution >= 4 is 10.0 Å². The highest BCUT2D eigenvalue weighted by Crippen LogP contribution is 2.50. The SMILES string of the molecule is COc1cc(C2c3cc4c(cc3OC(NNS(=O)(=O)c3ccc(C)cc3)C2C)OCO4)cc(OC)c1O. The molecule has 3 aromatic rings. The van der Waals surface area contributed by atoms with E-state index in [0.717, 1.165) is 16.7 Å². The number of ether oxygens (including phenoxy) is 5. The number of aromatic hydroxyl groups is 1. The van der Waals surface area contributed by atoms with E-state index in [2.05, 4.69) is 10.3 Å². The first kappa shape index (κ1) is 25.0. The fraction of sp³-hybridized carbons (Fsp3) is 0.308. The molecule has 0 spiro atoms. The third kappa shape index (κ3) is 4.61. The predicted octanol–water partition coefficient (Wildman–Crippen LogP) is 3.42. The molecule has 0 aromatic heterocycles. The van der Waals surface area contributed by atoms with E-state index in [9.17, 15) is 13.5 Å². The van der Waals surface area contributed by atoms with E-state index in [4.69, 9.17) is 23.7 Å². The van der Waals surface area contributed by atoms with Crippen LogP contribution < -0.4 is 33.9 Å². The number of aryl methyl sites for hydroxylation is 1. The van der Waals surface area contributed by atoms with Crippen molar-refractivity contribution in [3.63, 3.8) is 0 Å². The zero-order valence-electron chi connectivity index (χ0n) is 20.8. The predicted molar refractivity (Wildman–Crippen MR) is 134 cm³/mol. The van der Waals surface area contributed by atoms with Gasteiger partial charge >= 0.3 is 0 Å². The van der Waals surface area contributed by atoms with E-state index in [1.807, 2.05) is 19.9 Å². The van der Waals surface area contributed by atoms with Gasteiger partial charge in [-0.15, -0.1) is 4.83 Å². The summed E-state index contributed by atoms with van der Waals surface area (Å²) in [4.78, 5) is 2.58. The fourth-order valence-corrected chi connectivity index (χ4v) is 5.52. The van der Waals surface area contributed by atoms with Crippen molar-refractivity contribution in [3.8, 4) is 34.5 Å². The highest BCUT2D eigenvalue weighted by molar-refractivity contribution is 7.89. The lowest BCUT2D eigenvalue weighted by Gasteiger charge is -2.38. The highest BCUT2D eigenvalue weighted by atomic mass is 32.2. The van der Waals surface area contributed by atoms with Gasteiger partial charge in [-0.05, 0) is 42.8 Å². The van der Waals surface area contributed by atoms with Gasteiger partial charge in [0, 0.05) is 23.5 Å². The van der Waals surface area contributed by atoms with E-state index in [1.165, 1.54) is 26.4 Å². The molecule has 0 radical (unpaired) electrons. The molecule has 0 bridgehead atoms. The van der Waals surface area contributed by atoms with Gasteiger partial charge in [0.05, 0.1) is 19.1 Å². The largest absolute Gasteiger partial charge is 0.502 e. The second-order valence-electron chi connectivity index (χ2n) is 8.96. The molecular weight excluding hydrogens is 500 g/mol. The Bertz CT molecular complexity index is 1400. The first-order valence-electron chi connectivity index (χ1n) is 11.6. The Hall–Kier alpha value is -3.67. The second-order valence-corrected chi connectivity index (χ2v) is 10.6. The van der Waals surface area contributed by atoms with Crippen LogP contribution in [-0.2, 0) is 10.0 Å². The lowest BCUT2D eigenvalue weighted by Crippen LogP contribution is -2.52. The van der Waals surface area contributed by atoms with Crippen molar-refractivity contribution in [1.29, 1.82) is 0 Å². The number of rotatable bonds is 7. The Morgan fingerprint density at radius 1 is 0.946 bits per heavy atom. The van der Waals surface area contributed by atoms with Crippen LogP contribution in [0.15, 0.2) is 53.4 Å². The van der Waals surface area contributed by atoms with Gasteiger partial charge in [-0.25, -0.2) is 13.8 Å². The summed E-state index contributed by atoms with van der Waals surface area (Å²) in [6.45, 7) is 3.91. The molecule has 0 saturated heterocycles. The lowest BCUT2D eigenvalue weighted by molar-refractivity contribution is 0.0736. The van der Waals surface area contributed by atoms with Crippen LogP contribution in [0.5, 0.6) is 34.5 Å². The van der Waals surface area contributed by atoms with Gasteiger partial charge in [-0.1, -0.05) is 24.6 Å². The standard InChI is InChI=1S/C26H28N2O8S/c1-14-5-7-17(8-6-14)37(30,31)28-27-26-15(2)24(16-9-22(32-3)25(29)23(10-16)33-4)18-11-20-21(35-13-34-20)12-19(18)36-26/h5-12,15,24,26-29H,13H2,1-4H3. The van der Waals surface area contributed by atoms with Gasteiger partial charge in [0.2, 0.25) is 12.5 Å². The topological polar surface area (TPSA) is 125 Å². The molecule has 2 aliphatic rings. The van der Waals surface area contributed by atoms with Gasteiger partial charge in [0.1, 0.15) is 5.75 Å². The normalized spacial score (nSPS) is 20.2. The van der Waals surface area contributed by atoms with Gasteiger partial charge in [-0.2, -0.15) is 0 Å². The molecule has 3 N–H and O–H groups in total. The third-order valence-corrected chi connectivity index (χ3v) is 7.90. The van der Waals surface area contributed by atoms with Crippen molar-refractivity contribution in [3.05, 3.63) is 65.2 Å². The van der Waals surface area contributed by atoms with E-state index in [1.54, 1.807) is 30.3 Å². The Labute approximate surface area is 215 Å². The molecule has 0 aliphatic carbocycles. The zero-order valence-corrected chi connectivity index (χ0v) is 21.6. The molecule has 37 heavy (non-hydrogen) atoms. The Balaban J connectivity index is 1.53. The number of hydrogen-bond donors (Lipinski definition) is 3. The van der Waals surface area contributed by atoms with Crippen LogP contribution in [-0.4, -0.2) is 40.8 Å². The molecule has 2 aliphatic heterocycles. The van der Waals surface area contributed by atoms with Crippen LogP contribution in [0.1, 0.15) is 29.5 Å². The summed E-state index contributed by atoms with van der Waals surface area (Å²) in [5.74, 6) is 1.40. The molecule has 0 saturated carbocycles. The van der Waals surface area contributed by atoms with Crippen LogP contribution in [0.2, 0.25) is 0 Å². The first-order valence-corrected chi connectivity index (χ1v) is 13.1. The summed E-state index contributed by atoms with van der Waals surface area (Å²) in [6.07, 6.45) is -0.760. The summed E-state index contributed by atoms with van der Waals surface area (Å²) in [7, 11) is -0.934. The van der Waals surface area contributed by atoms with Gasteiger partial charge in [-0.3, -0.25) is 0 Å². The van der Waals surface area contributed by atoms with E-state index >= 15 is 0 Å². The number of hydrogen-bond acceptors (Lipinski definition) is 9. The average molecular weight is 529 g/mol. The Morgan fingerprint density at radius 3 is 2.19 bits per heavy atom. The van der Waals surface area contributed by atoms with Gasteiger partial charge < -0.3 is 28.8 Å². The van der Waals surface area contributed by atoms with Crippen LogP contribution in [0.3, 0.4) is 0 Å². The minimum absolute atomic E-state index is 0.0946. The fourth-order valence-electron chi connectivity index (χ4n) is 4.64. The molecule has 3 aromatic carbocycles. The van der Waals surface area contributed by atoms with Crippen molar-refractivity contribution in [2.24, 2.45) is 5.92 Å². The molecule has 5 rings (SSSR count). The monoisotopic (exact) mass is 528 g/mol. The molecule has 10 nitrogen and oxygen atoms in total. The number of phenols is 1. The first-order chi connectivity index (χ1) is 17.7. The Kier molecular flexibility index (Phi) is 6.52. The van der Waals surface area contributed by atoms with Crippen LogP contribution in [0, 0.1) is 12.8 Å². The maximum absolute atomic E-state index is 12.9. The molecule has 3 unspecified atom stereocenters. The molecule has 0 amide bonds. The Morgan fingerprint density at radius 2 is 1.57 bits per heavy atom. The number of benzene rings is 3. The van der Waals surface area contributed by atoms with E-state index < -0.39 is 16.3 Å². The third-order valence-electron chi connectivity index (χ3n) is 6.63. The minimum atomic E-state index is -3.85. The molecule has 196 valence electrons. The smallest absolute Gasteiger partial charge is 0.253 e.